The van der Waals surface area contributed by atoms with E-state index >= 15 is 0 Å². The van der Waals surface area contributed by atoms with Crippen LogP contribution in [0.5, 0.6) is 0 Å². The SMILES string of the molecule is CC.Cc1ccc(-n2cc(NC(=O)c3cccc(-c4ccnc(NCC(F)(F)F)c4)n3)c(C(N)=O)n2)cc1. The first-order chi connectivity index (χ1) is 18.1. The number of benzene rings is 1. The van der Waals surface area contributed by atoms with Gasteiger partial charge in [0.05, 0.1) is 23.3 Å². The Hall–Kier alpha value is -4.74. The molecular weight excluding hydrogens is 499 g/mol. The number of primary amides is 1. The van der Waals surface area contributed by atoms with Crippen LogP contribution in [0.4, 0.5) is 24.7 Å². The van der Waals surface area contributed by atoms with Gasteiger partial charge in [-0.05, 0) is 43.3 Å². The van der Waals surface area contributed by atoms with Crippen LogP contribution < -0.4 is 16.4 Å². The normalized spacial score (nSPS) is 10.8. The third kappa shape index (κ3) is 7.15. The number of aromatic nitrogens is 4. The number of pyridine rings is 2. The number of carbonyl (C=O) groups is 2. The molecule has 3 heterocycles. The second-order valence-corrected chi connectivity index (χ2v) is 7.80. The van der Waals surface area contributed by atoms with Crippen LogP contribution >= 0.6 is 0 Å². The van der Waals surface area contributed by atoms with Gasteiger partial charge in [-0.25, -0.2) is 14.6 Å². The predicted molar refractivity (Wildman–Crippen MR) is 138 cm³/mol. The fourth-order valence-corrected chi connectivity index (χ4v) is 3.26. The Kier molecular flexibility index (Phi) is 8.79. The number of halogens is 3. The van der Waals surface area contributed by atoms with E-state index in [-0.39, 0.29) is 22.9 Å². The van der Waals surface area contributed by atoms with E-state index in [2.05, 4.69) is 25.7 Å². The van der Waals surface area contributed by atoms with Gasteiger partial charge in [0.15, 0.2) is 5.69 Å². The molecule has 4 aromatic rings. The Bertz CT molecular complexity index is 1420. The largest absolute Gasteiger partial charge is 0.405 e. The van der Waals surface area contributed by atoms with Crippen LogP contribution in [0, 0.1) is 6.92 Å². The summed E-state index contributed by atoms with van der Waals surface area (Å²) in [5.41, 5.74) is 7.92. The van der Waals surface area contributed by atoms with Gasteiger partial charge in [-0.2, -0.15) is 18.3 Å². The number of hydrogen-bond acceptors (Lipinski definition) is 6. The number of carbonyl (C=O) groups excluding carboxylic acids is 2. The number of nitrogens with one attached hydrogen (secondary N) is 2. The number of amides is 2. The summed E-state index contributed by atoms with van der Waals surface area (Å²) >= 11 is 0. The molecule has 4 N–H and O–H groups in total. The molecule has 0 atom stereocenters. The number of alkyl halides is 3. The van der Waals surface area contributed by atoms with Gasteiger partial charge in [-0.3, -0.25) is 9.59 Å². The molecule has 0 spiro atoms. The monoisotopic (exact) mass is 525 g/mol. The smallest absolute Gasteiger partial charge is 0.364 e. The van der Waals surface area contributed by atoms with E-state index in [1.54, 1.807) is 30.3 Å². The summed E-state index contributed by atoms with van der Waals surface area (Å²) < 4.78 is 38.9. The molecular formula is C26H26F3N7O2. The van der Waals surface area contributed by atoms with Crippen LogP contribution in [0.2, 0.25) is 0 Å². The Labute approximate surface area is 216 Å². The number of nitrogens with two attached hydrogens (primary N) is 1. The highest BCUT2D eigenvalue weighted by atomic mass is 19.4. The molecule has 198 valence electrons. The van der Waals surface area contributed by atoms with Crippen molar-refractivity contribution in [3.63, 3.8) is 0 Å². The van der Waals surface area contributed by atoms with E-state index in [0.29, 0.717) is 16.9 Å². The molecule has 1 aromatic carbocycles. The molecule has 0 fully saturated rings. The van der Waals surface area contributed by atoms with Crippen LogP contribution in [0.25, 0.3) is 16.9 Å². The van der Waals surface area contributed by atoms with E-state index in [0.717, 1.165) is 5.56 Å². The molecule has 0 aliphatic carbocycles. The molecule has 3 aromatic heterocycles. The lowest BCUT2D eigenvalue weighted by Gasteiger charge is -2.10. The van der Waals surface area contributed by atoms with Crippen LogP contribution in [0.1, 0.15) is 40.4 Å². The van der Waals surface area contributed by atoms with Crippen LogP contribution in [0.15, 0.2) is 67.0 Å². The molecule has 0 aliphatic heterocycles. The maximum absolute atomic E-state index is 12.9. The lowest BCUT2D eigenvalue weighted by molar-refractivity contribution is -0.115. The van der Waals surface area contributed by atoms with Gasteiger partial charge in [0.25, 0.3) is 11.8 Å². The van der Waals surface area contributed by atoms with Crippen molar-refractivity contribution in [2.24, 2.45) is 5.73 Å². The third-order valence-electron chi connectivity index (χ3n) is 5.00. The maximum atomic E-state index is 12.9. The quantitative estimate of drug-likeness (QED) is 0.312. The molecule has 4 rings (SSSR count). The molecule has 0 aliphatic rings. The number of nitrogens with zero attached hydrogens (tertiary/aromatic N) is 4. The summed E-state index contributed by atoms with van der Waals surface area (Å²) in [4.78, 5) is 33.0. The minimum Gasteiger partial charge on any atom is -0.364 e. The third-order valence-corrected chi connectivity index (χ3v) is 5.00. The summed E-state index contributed by atoms with van der Waals surface area (Å²) in [6.45, 7) is 4.69. The zero-order chi connectivity index (χ0) is 27.9. The standard InChI is InChI=1S/C24H20F3N7O2.C2H6/c1-14-5-7-16(8-6-14)34-12-19(21(33-34)22(28)35)32-23(36)18-4-2-3-17(31-18)15-9-10-29-20(11-15)30-13-24(25,26)27;1-2/h2-12H,13H2,1H3,(H2,28,35)(H,29,30)(H,32,36);1-2H3. The second kappa shape index (κ2) is 12.0. The van der Waals surface area contributed by atoms with Gasteiger partial charge in [0.2, 0.25) is 0 Å². The van der Waals surface area contributed by atoms with Crippen LogP contribution in [-0.2, 0) is 0 Å². The number of hydrogen-bond donors (Lipinski definition) is 3. The molecule has 38 heavy (non-hydrogen) atoms. The average Bonchev–Trinajstić information content (AvgIpc) is 3.33. The van der Waals surface area contributed by atoms with Crippen molar-refractivity contribution in [1.82, 2.24) is 19.7 Å². The van der Waals surface area contributed by atoms with Crippen LogP contribution in [-0.4, -0.2) is 44.3 Å². The highest BCUT2D eigenvalue weighted by molar-refractivity contribution is 6.07. The Morgan fingerprint density at radius 1 is 1.05 bits per heavy atom. The second-order valence-electron chi connectivity index (χ2n) is 7.80. The van der Waals surface area contributed by atoms with Gasteiger partial charge in [0, 0.05) is 11.8 Å². The summed E-state index contributed by atoms with van der Waals surface area (Å²) in [6, 6.07) is 14.9. The predicted octanol–water partition coefficient (Wildman–Crippen LogP) is 4.99. The average molecular weight is 526 g/mol. The van der Waals surface area contributed by atoms with Gasteiger partial charge in [-0.15, -0.1) is 0 Å². The first-order valence-corrected chi connectivity index (χ1v) is 11.6. The van der Waals surface area contributed by atoms with E-state index in [1.807, 2.05) is 32.9 Å². The number of aryl methyl sites for hydroxylation is 1. The molecule has 0 radical (unpaired) electrons. The number of rotatable bonds is 7. The summed E-state index contributed by atoms with van der Waals surface area (Å²) in [6.07, 6.45) is -1.60. The van der Waals surface area contributed by atoms with Crippen molar-refractivity contribution >= 4 is 23.3 Å². The lowest BCUT2D eigenvalue weighted by atomic mass is 10.1. The summed E-state index contributed by atoms with van der Waals surface area (Å²) in [5, 5.41) is 8.98. The van der Waals surface area contributed by atoms with Gasteiger partial charge in [0.1, 0.15) is 18.1 Å². The van der Waals surface area contributed by atoms with Gasteiger partial charge >= 0.3 is 6.18 Å². The molecule has 2 amide bonds. The molecule has 9 nitrogen and oxygen atoms in total. The van der Waals surface area contributed by atoms with E-state index < -0.39 is 24.5 Å². The Morgan fingerprint density at radius 2 is 1.76 bits per heavy atom. The minimum atomic E-state index is -4.40. The Balaban J connectivity index is 0.00000195. The van der Waals surface area contributed by atoms with E-state index in [9.17, 15) is 22.8 Å². The van der Waals surface area contributed by atoms with Crippen molar-refractivity contribution in [2.75, 3.05) is 17.2 Å². The van der Waals surface area contributed by atoms with Gasteiger partial charge < -0.3 is 16.4 Å². The van der Waals surface area contributed by atoms with E-state index in [4.69, 9.17) is 5.73 Å². The minimum absolute atomic E-state index is 0.00705. The topological polar surface area (TPSA) is 128 Å². The van der Waals surface area contributed by atoms with E-state index in [1.165, 1.54) is 29.2 Å². The molecule has 0 saturated carbocycles. The highest BCUT2D eigenvalue weighted by Gasteiger charge is 2.26. The molecule has 12 heteroatoms. The zero-order valence-electron chi connectivity index (χ0n) is 20.9. The fourth-order valence-electron chi connectivity index (χ4n) is 3.26. The highest BCUT2D eigenvalue weighted by Crippen LogP contribution is 2.23. The van der Waals surface area contributed by atoms with Crippen molar-refractivity contribution in [1.29, 1.82) is 0 Å². The van der Waals surface area contributed by atoms with Gasteiger partial charge in [-0.1, -0.05) is 37.6 Å². The first kappa shape index (κ1) is 27.8. The van der Waals surface area contributed by atoms with Crippen molar-refractivity contribution in [3.05, 3.63) is 83.9 Å². The fraction of sp³-hybridized carbons (Fsp3) is 0.192. The van der Waals surface area contributed by atoms with Crippen molar-refractivity contribution in [3.8, 4) is 16.9 Å². The number of anilines is 2. The first-order valence-electron chi connectivity index (χ1n) is 11.6. The molecule has 0 bridgehead atoms. The van der Waals surface area contributed by atoms with Crippen molar-refractivity contribution in [2.45, 2.75) is 26.9 Å². The Morgan fingerprint density at radius 3 is 2.42 bits per heavy atom. The summed E-state index contributed by atoms with van der Waals surface area (Å²) in [7, 11) is 0. The molecule has 0 saturated heterocycles. The van der Waals surface area contributed by atoms with Crippen LogP contribution in [0.3, 0.4) is 0 Å². The zero-order valence-corrected chi connectivity index (χ0v) is 20.9. The lowest BCUT2D eigenvalue weighted by Crippen LogP contribution is -2.21. The van der Waals surface area contributed by atoms with Crippen molar-refractivity contribution < 1.29 is 22.8 Å². The summed E-state index contributed by atoms with van der Waals surface area (Å²) in [5.74, 6) is -1.45. The molecule has 0 unspecified atom stereocenters. The maximum Gasteiger partial charge on any atom is 0.405 e.